The second kappa shape index (κ2) is 8.22. The molecule has 0 spiro atoms. The molecular weight excluding hydrogens is 354 g/mol. The van der Waals surface area contributed by atoms with Crippen LogP contribution in [0.3, 0.4) is 0 Å². The van der Waals surface area contributed by atoms with Gasteiger partial charge in [0.05, 0.1) is 12.7 Å². The summed E-state index contributed by atoms with van der Waals surface area (Å²) in [4.78, 5) is 35.4. The van der Waals surface area contributed by atoms with E-state index in [0.29, 0.717) is 28.2 Å². The zero-order valence-corrected chi connectivity index (χ0v) is 14.5. The highest BCUT2D eigenvalue weighted by Crippen LogP contribution is 2.32. The molecule has 8 nitrogen and oxygen atoms in total. The summed E-state index contributed by atoms with van der Waals surface area (Å²) in [6, 6.07) is 11.3. The van der Waals surface area contributed by atoms with Gasteiger partial charge in [0.15, 0.2) is 11.5 Å². The Labute approximate surface area is 155 Å². The van der Waals surface area contributed by atoms with Crippen LogP contribution in [0.15, 0.2) is 42.5 Å². The Hall–Kier alpha value is -3.55. The summed E-state index contributed by atoms with van der Waals surface area (Å²) in [7, 11) is 1.29. The zero-order chi connectivity index (χ0) is 19.2. The van der Waals surface area contributed by atoms with Crippen molar-refractivity contribution < 1.29 is 33.3 Å². The van der Waals surface area contributed by atoms with Gasteiger partial charge in [0.1, 0.15) is 13.2 Å². The third kappa shape index (κ3) is 4.55. The maximum atomic E-state index is 12.1. The molecule has 3 rings (SSSR count). The van der Waals surface area contributed by atoms with Gasteiger partial charge in [-0.2, -0.15) is 0 Å². The van der Waals surface area contributed by atoms with Crippen LogP contribution in [-0.4, -0.2) is 38.3 Å². The molecule has 0 bridgehead atoms. The van der Waals surface area contributed by atoms with Crippen molar-refractivity contribution in [2.24, 2.45) is 0 Å². The molecule has 2 aromatic rings. The standard InChI is InChI=1S/C19H17NO7/c1-24-19(23)14-4-2-3-12(7-14)10-25-17(21)9-20-18(22)13-5-6-15-16(8-13)27-11-26-15/h2-8H,9-11H2,1H3,(H,20,22). The first-order valence-corrected chi connectivity index (χ1v) is 8.07. The van der Waals surface area contributed by atoms with Crippen molar-refractivity contribution in [2.75, 3.05) is 20.4 Å². The van der Waals surface area contributed by atoms with Crippen molar-refractivity contribution in [2.45, 2.75) is 6.61 Å². The Morgan fingerprint density at radius 2 is 1.85 bits per heavy atom. The predicted molar refractivity (Wildman–Crippen MR) is 92.5 cm³/mol. The third-order valence-corrected chi connectivity index (χ3v) is 3.78. The Morgan fingerprint density at radius 3 is 2.67 bits per heavy atom. The number of ether oxygens (including phenoxy) is 4. The lowest BCUT2D eigenvalue weighted by molar-refractivity contribution is -0.143. The van der Waals surface area contributed by atoms with E-state index in [1.165, 1.54) is 7.11 Å². The second-order valence-electron chi connectivity index (χ2n) is 5.60. The topological polar surface area (TPSA) is 100 Å². The van der Waals surface area contributed by atoms with Crippen LogP contribution >= 0.6 is 0 Å². The average Bonchev–Trinajstić information content (AvgIpc) is 3.17. The van der Waals surface area contributed by atoms with Crippen LogP contribution in [-0.2, 0) is 20.9 Å². The first-order valence-electron chi connectivity index (χ1n) is 8.07. The van der Waals surface area contributed by atoms with Crippen molar-refractivity contribution in [1.82, 2.24) is 5.32 Å². The predicted octanol–water partition coefficient (Wildman–Crippen LogP) is 1.68. The molecule has 0 saturated carbocycles. The molecule has 0 fully saturated rings. The van der Waals surface area contributed by atoms with E-state index in [9.17, 15) is 14.4 Å². The fourth-order valence-electron chi connectivity index (χ4n) is 2.41. The number of benzene rings is 2. The molecule has 1 N–H and O–H groups in total. The number of carbonyl (C=O) groups is 3. The Bertz CT molecular complexity index is 878. The molecule has 1 heterocycles. The van der Waals surface area contributed by atoms with E-state index in [4.69, 9.17) is 14.2 Å². The fourth-order valence-corrected chi connectivity index (χ4v) is 2.41. The van der Waals surface area contributed by atoms with E-state index in [1.54, 1.807) is 42.5 Å². The maximum absolute atomic E-state index is 12.1. The molecule has 1 aliphatic heterocycles. The van der Waals surface area contributed by atoms with Gasteiger partial charge < -0.3 is 24.3 Å². The maximum Gasteiger partial charge on any atom is 0.337 e. The van der Waals surface area contributed by atoms with Gasteiger partial charge in [-0.25, -0.2) is 4.79 Å². The third-order valence-electron chi connectivity index (χ3n) is 3.78. The number of fused-ring (bicyclic) bond motifs is 1. The molecule has 1 amide bonds. The number of nitrogens with one attached hydrogen (secondary N) is 1. The van der Waals surface area contributed by atoms with Gasteiger partial charge in [0.25, 0.3) is 5.91 Å². The number of amides is 1. The summed E-state index contributed by atoms with van der Waals surface area (Å²) in [5.41, 5.74) is 1.34. The molecule has 0 radical (unpaired) electrons. The smallest absolute Gasteiger partial charge is 0.337 e. The van der Waals surface area contributed by atoms with Gasteiger partial charge in [0.2, 0.25) is 6.79 Å². The van der Waals surface area contributed by atoms with Gasteiger partial charge in [-0.3, -0.25) is 9.59 Å². The van der Waals surface area contributed by atoms with E-state index in [1.807, 2.05) is 0 Å². The lowest BCUT2D eigenvalue weighted by Gasteiger charge is -2.08. The van der Waals surface area contributed by atoms with Crippen molar-refractivity contribution in [1.29, 1.82) is 0 Å². The van der Waals surface area contributed by atoms with Crippen LogP contribution in [0.2, 0.25) is 0 Å². The first-order chi connectivity index (χ1) is 13.1. The average molecular weight is 371 g/mol. The molecule has 0 aromatic heterocycles. The SMILES string of the molecule is COC(=O)c1cccc(COC(=O)CNC(=O)c2ccc3c(c2)OCO3)c1. The van der Waals surface area contributed by atoms with Gasteiger partial charge in [0, 0.05) is 5.56 Å². The summed E-state index contributed by atoms with van der Waals surface area (Å²) in [5.74, 6) is -0.458. The van der Waals surface area contributed by atoms with Gasteiger partial charge in [-0.15, -0.1) is 0 Å². The number of esters is 2. The Balaban J connectivity index is 1.48. The molecule has 2 aromatic carbocycles. The summed E-state index contributed by atoms with van der Waals surface area (Å²) < 4.78 is 20.1. The van der Waals surface area contributed by atoms with Crippen LogP contribution in [0.5, 0.6) is 11.5 Å². The molecule has 27 heavy (non-hydrogen) atoms. The molecule has 0 atom stereocenters. The van der Waals surface area contributed by atoms with Crippen molar-refractivity contribution >= 4 is 17.8 Å². The largest absolute Gasteiger partial charge is 0.465 e. The van der Waals surface area contributed by atoms with Crippen molar-refractivity contribution in [3.05, 3.63) is 59.2 Å². The normalized spacial score (nSPS) is 11.6. The number of rotatable bonds is 6. The second-order valence-corrected chi connectivity index (χ2v) is 5.60. The fraction of sp³-hybridized carbons (Fsp3) is 0.211. The molecule has 140 valence electrons. The van der Waals surface area contributed by atoms with E-state index < -0.39 is 17.8 Å². The van der Waals surface area contributed by atoms with E-state index >= 15 is 0 Å². The van der Waals surface area contributed by atoms with Crippen LogP contribution in [0, 0.1) is 0 Å². The van der Waals surface area contributed by atoms with Crippen LogP contribution < -0.4 is 14.8 Å². The van der Waals surface area contributed by atoms with E-state index in [-0.39, 0.29) is 19.9 Å². The highest BCUT2D eigenvalue weighted by Gasteiger charge is 2.17. The zero-order valence-electron chi connectivity index (χ0n) is 14.5. The molecular formula is C19H17NO7. The molecule has 8 heteroatoms. The molecule has 0 aliphatic carbocycles. The number of methoxy groups -OCH3 is 1. The molecule has 0 saturated heterocycles. The van der Waals surface area contributed by atoms with Crippen molar-refractivity contribution in [3.8, 4) is 11.5 Å². The number of hydrogen-bond acceptors (Lipinski definition) is 7. The minimum Gasteiger partial charge on any atom is -0.465 e. The van der Waals surface area contributed by atoms with Crippen LogP contribution in [0.25, 0.3) is 0 Å². The highest BCUT2D eigenvalue weighted by molar-refractivity contribution is 5.96. The summed E-state index contributed by atoms with van der Waals surface area (Å²) >= 11 is 0. The van der Waals surface area contributed by atoms with E-state index in [0.717, 1.165) is 0 Å². The van der Waals surface area contributed by atoms with Gasteiger partial charge >= 0.3 is 11.9 Å². The summed E-state index contributed by atoms with van der Waals surface area (Å²) in [6.45, 7) is -0.197. The van der Waals surface area contributed by atoms with Crippen molar-refractivity contribution in [3.63, 3.8) is 0 Å². The molecule has 0 unspecified atom stereocenters. The quantitative estimate of drug-likeness (QED) is 0.771. The number of carbonyl (C=O) groups excluding carboxylic acids is 3. The highest BCUT2D eigenvalue weighted by atomic mass is 16.7. The summed E-state index contributed by atoms with van der Waals surface area (Å²) in [5, 5.41) is 2.48. The minimum atomic E-state index is -0.604. The number of hydrogen-bond donors (Lipinski definition) is 1. The van der Waals surface area contributed by atoms with Crippen LogP contribution in [0.4, 0.5) is 0 Å². The molecule has 1 aliphatic rings. The van der Waals surface area contributed by atoms with Gasteiger partial charge in [-0.1, -0.05) is 12.1 Å². The summed E-state index contributed by atoms with van der Waals surface area (Å²) in [6.07, 6.45) is 0. The minimum absolute atomic E-state index is 0.0242. The lowest BCUT2D eigenvalue weighted by atomic mass is 10.1. The van der Waals surface area contributed by atoms with Crippen LogP contribution in [0.1, 0.15) is 26.3 Å². The Kier molecular flexibility index (Phi) is 5.55. The monoisotopic (exact) mass is 371 g/mol. The lowest BCUT2D eigenvalue weighted by Crippen LogP contribution is -2.30. The Morgan fingerprint density at radius 1 is 1.04 bits per heavy atom. The van der Waals surface area contributed by atoms with E-state index in [2.05, 4.69) is 10.1 Å². The first kappa shape index (κ1) is 18.2. The van der Waals surface area contributed by atoms with Gasteiger partial charge in [-0.05, 0) is 35.9 Å².